The predicted octanol–water partition coefficient (Wildman–Crippen LogP) is 20.6. The first-order chi connectivity index (χ1) is 45.1. The van der Waals surface area contributed by atoms with E-state index in [0.717, 1.165) is 154 Å². The number of aliphatic hydroxyl groups is 4. The van der Waals surface area contributed by atoms with Gasteiger partial charge in [-0.25, -0.2) is 0 Å². The normalized spacial score (nSPS) is 15.4. The van der Waals surface area contributed by atoms with Gasteiger partial charge in [-0.3, -0.25) is 24.4 Å². The molecule has 0 saturated carbocycles. The molecule has 92 heavy (non-hydrogen) atoms. The third-order valence-electron chi connectivity index (χ3n) is 18.9. The van der Waals surface area contributed by atoms with E-state index in [0.29, 0.717) is 45.6 Å². The predicted molar refractivity (Wildman–Crippen MR) is 407 cm³/mol. The number of esters is 1. The summed E-state index contributed by atoms with van der Waals surface area (Å²) in [5, 5.41) is 44.8. The molecule has 1 aliphatic rings. The molecule has 5 unspecified atom stereocenters. The van der Waals surface area contributed by atoms with Crippen molar-refractivity contribution in [3.63, 3.8) is 0 Å². The standard InChI is InChI=1S/C80H154N4O6S2/c1-6-10-14-18-22-26-30-32-34-36-40-44-48-52-57-78(87)73-84(74-79(88)58-53-49-45-41-37-35-33-31-27-23-19-15-11-7-2)75(5)59-60-80(89)90-68-66-81-62-64-82(65-63-81)67-70-92-91-69-54-61-83(71-76(85)55-50-46-42-38-28-24-20-16-12-8-3)72-77(86)56-51-47-43-39-29-25-21-17-13-9-4/h22-23,26-27,32-35,75-79,85-88H,6-21,24-25,28-31,36-74H2,1-5H3/b26-22-,27-23-,34-32-,35-33-. The lowest BCUT2D eigenvalue weighted by Gasteiger charge is -2.34. The van der Waals surface area contributed by atoms with Gasteiger partial charge < -0.3 is 25.2 Å². The maximum atomic E-state index is 13.1. The number of nitrogens with zero attached hydrogens (tertiary/aromatic N) is 4. The molecule has 4 N–H and O–H groups in total. The molecular formula is C80H154N4O6S2. The molecular weight excluding hydrogens is 1180 g/mol. The molecule has 542 valence electrons. The van der Waals surface area contributed by atoms with Gasteiger partial charge in [0.15, 0.2) is 0 Å². The first-order valence-electron chi connectivity index (χ1n) is 39.7. The second-order valence-electron chi connectivity index (χ2n) is 27.9. The summed E-state index contributed by atoms with van der Waals surface area (Å²) < 4.78 is 5.82. The summed E-state index contributed by atoms with van der Waals surface area (Å²) in [4.78, 5) is 22.7. The van der Waals surface area contributed by atoms with E-state index < -0.39 is 12.2 Å². The van der Waals surface area contributed by atoms with E-state index in [9.17, 15) is 25.2 Å². The summed E-state index contributed by atoms with van der Waals surface area (Å²) in [5.74, 6) is 2.02. The van der Waals surface area contributed by atoms with E-state index in [4.69, 9.17) is 4.74 Å². The van der Waals surface area contributed by atoms with Gasteiger partial charge in [-0.05, 0) is 116 Å². The molecule has 0 radical (unpaired) electrons. The topological polar surface area (TPSA) is 120 Å². The van der Waals surface area contributed by atoms with E-state index in [2.05, 4.69) is 103 Å². The fourth-order valence-electron chi connectivity index (χ4n) is 12.7. The second kappa shape index (κ2) is 69.7. The third kappa shape index (κ3) is 61.2. The molecule has 0 aliphatic carbocycles. The van der Waals surface area contributed by atoms with Crippen molar-refractivity contribution in [3.8, 4) is 0 Å². The smallest absolute Gasteiger partial charge is 0.305 e. The zero-order valence-corrected chi connectivity index (χ0v) is 63.0. The average molecular weight is 1330 g/mol. The van der Waals surface area contributed by atoms with Crippen LogP contribution in [0.25, 0.3) is 0 Å². The Kier molecular flexibility index (Phi) is 67.3. The van der Waals surface area contributed by atoms with Crippen LogP contribution in [0.4, 0.5) is 0 Å². The Bertz CT molecular complexity index is 1560. The van der Waals surface area contributed by atoms with Crippen molar-refractivity contribution in [2.45, 2.75) is 367 Å². The van der Waals surface area contributed by atoms with Crippen LogP contribution >= 0.6 is 21.6 Å². The Morgan fingerprint density at radius 3 is 1.13 bits per heavy atom. The Labute approximate surface area is 579 Å². The van der Waals surface area contributed by atoms with Gasteiger partial charge in [0.05, 0.1) is 24.4 Å². The molecule has 1 rings (SSSR count). The Morgan fingerprint density at radius 2 is 0.728 bits per heavy atom. The molecule has 1 fully saturated rings. The molecule has 0 aromatic heterocycles. The van der Waals surface area contributed by atoms with Crippen molar-refractivity contribution < 1.29 is 30.0 Å². The van der Waals surface area contributed by atoms with Crippen molar-refractivity contribution in [1.82, 2.24) is 19.6 Å². The molecule has 5 atom stereocenters. The minimum absolute atomic E-state index is 0.0420. The summed E-state index contributed by atoms with van der Waals surface area (Å²) in [6, 6.07) is 0.0420. The van der Waals surface area contributed by atoms with Crippen molar-refractivity contribution >= 4 is 27.6 Å². The number of hydrogen-bond donors (Lipinski definition) is 4. The number of hydrogen-bond acceptors (Lipinski definition) is 12. The maximum absolute atomic E-state index is 13.1. The molecule has 12 heteroatoms. The zero-order valence-electron chi connectivity index (χ0n) is 61.3. The van der Waals surface area contributed by atoms with Gasteiger partial charge in [-0.2, -0.15) is 0 Å². The Balaban J connectivity index is 2.49. The highest BCUT2D eigenvalue weighted by molar-refractivity contribution is 8.76. The molecule has 0 amide bonds. The second-order valence-corrected chi connectivity index (χ2v) is 30.6. The fourth-order valence-corrected chi connectivity index (χ4v) is 14.8. The number of unbranched alkanes of at least 4 members (excludes halogenated alkanes) is 32. The number of piperazine rings is 1. The van der Waals surface area contributed by atoms with Gasteiger partial charge in [-0.1, -0.05) is 291 Å². The fraction of sp³-hybridized carbons (Fsp3) is 0.887. The molecule has 10 nitrogen and oxygen atoms in total. The lowest BCUT2D eigenvalue weighted by Crippen LogP contribution is -2.47. The van der Waals surface area contributed by atoms with E-state index in [-0.39, 0.29) is 24.2 Å². The number of carbonyl (C=O) groups is 1. The van der Waals surface area contributed by atoms with Gasteiger partial charge in [-0.15, -0.1) is 0 Å². The number of rotatable bonds is 71. The molecule has 0 bridgehead atoms. The van der Waals surface area contributed by atoms with Crippen LogP contribution in [0.3, 0.4) is 0 Å². The first-order valence-corrected chi connectivity index (χ1v) is 42.2. The number of allylic oxidation sites excluding steroid dienone is 8. The van der Waals surface area contributed by atoms with Gasteiger partial charge >= 0.3 is 5.97 Å². The zero-order chi connectivity index (χ0) is 66.7. The van der Waals surface area contributed by atoms with Gasteiger partial charge in [0.1, 0.15) is 6.61 Å². The summed E-state index contributed by atoms with van der Waals surface area (Å²) in [5.41, 5.74) is 0. The largest absolute Gasteiger partial charge is 0.464 e. The van der Waals surface area contributed by atoms with Crippen molar-refractivity contribution in [2.75, 3.05) is 90.1 Å². The van der Waals surface area contributed by atoms with Gasteiger partial charge in [0.25, 0.3) is 0 Å². The van der Waals surface area contributed by atoms with Gasteiger partial charge in [0.2, 0.25) is 0 Å². The minimum Gasteiger partial charge on any atom is -0.464 e. The number of ether oxygens (including phenoxy) is 1. The van der Waals surface area contributed by atoms with Crippen molar-refractivity contribution in [3.05, 3.63) is 48.6 Å². The Hall–Kier alpha value is -1.19. The average Bonchev–Trinajstić information content (AvgIpc) is 3.33. The van der Waals surface area contributed by atoms with E-state index in [1.54, 1.807) is 0 Å². The van der Waals surface area contributed by atoms with Crippen LogP contribution in [0.2, 0.25) is 0 Å². The molecule has 0 aromatic rings. The van der Waals surface area contributed by atoms with Crippen LogP contribution in [-0.2, 0) is 9.53 Å². The van der Waals surface area contributed by atoms with Crippen LogP contribution in [0.5, 0.6) is 0 Å². The van der Waals surface area contributed by atoms with Crippen LogP contribution in [0.1, 0.15) is 336 Å². The molecule has 1 saturated heterocycles. The van der Waals surface area contributed by atoms with E-state index >= 15 is 0 Å². The number of carbonyl (C=O) groups excluding carboxylic acids is 1. The summed E-state index contributed by atoms with van der Waals surface area (Å²) >= 11 is 0. The summed E-state index contributed by atoms with van der Waals surface area (Å²) in [6.07, 6.45) is 71.8. The molecule has 1 aliphatic heterocycles. The highest BCUT2D eigenvalue weighted by Crippen LogP contribution is 2.24. The van der Waals surface area contributed by atoms with Crippen LogP contribution in [0, 0.1) is 0 Å². The third-order valence-corrected chi connectivity index (χ3v) is 21.4. The monoisotopic (exact) mass is 1330 g/mol. The van der Waals surface area contributed by atoms with Gasteiger partial charge in [0, 0.05) is 89.4 Å². The lowest BCUT2D eigenvalue weighted by molar-refractivity contribution is -0.144. The SMILES string of the molecule is CCCCC/C=C\C/C=C\CCCCCCC(O)CN(CC(O)CCCCCC/C=C\C/C=C\CCCCC)C(C)CCC(=O)OCCN1CCN(CCSSCCCN(CC(O)CCCCCCCCCCCC)CC(O)CCCCCCCCCCCC)CC1. The first kappa shape index (κ1) is 88.8. The van der Waals surface area contributed by atoms with Crippen molar-refractivity contribution in [2.24, 2.45) is 0 Å². The summed E-state index contributed by atoms with van der Waals surface area (Å²) in [7, 11) is 3.95. The van der Waals surface area contributed by atoms with E-state index in [1.165, 1.54) is 193 Å². The quantitative estimate of drug-likeness (QED) is 0.0201. The summed E-state index contributed by atoms with van der Waals surface area (Å²) in [6.45, 7) is 20.8. The molecule has 1 heterocycles. The lowest BCUT2D eigenvalue weighted by atomic mass is 10.0. The molecule has 0 spiro atoms. The van der Waals surface area contributed by atoms with Crippen LogP contribution in [-0.4, -0.2) is 167 Å². The van der Waals surface area contributed by atoms with Crippen LogP contribution < -0.4 is 0 Å². The van der Waals surface area contributed by atoms with Crippen molar-refractivity contribution in [1.29, 1.82) is 0 Å². The highest BCUT2D eigenvalue weighted by atomic mass is 33.1. The van der Waals surface area contributed by atoms with Crippen LogP contribution in [0.15, 0.2) is 48.6 Å². The molecule has 0 aromatic carbocycles. The highest BCUT2D eigenvalue weighted by Gasteiger charge is 2.23. The number of aliphatic hydroxyl groups excluding tert-OH is 4. The minimum atomic E-state index is -0.457. The maximum Gasteiger partial charge on any atom is 0.305 e. The Morgan fingerprint density at radius 1 is 0.402 bits per heavy atom. The van der Waals surface area contributed by atoms with E-state index in [1.807, 2.05) is 21.6 Å².